The summed E-state index contributed by atoms with van der Waals surface area (Å²) in [4.78, 5) is 28.3. The lowest BCUT2D eigenvalue weighted by atomic mass is 10.2. The second-order valence-electron chi connectivity index (χ2n) is 7.85. The summed E-state index contributed by atoms with van der Waals surface area (Å²) in [6.45, 7) is 4.56. The van der Waals surface area contributed by atoms with E-state index in [0.717, 1.165) is 12.8 Å². The molecule has 0 aromatic heterocycles. The van der Waals surface area contributed by atoms with E-state index in [9.17, 15) is 18.0 Å². The largest absolute Gasteiger partial charge is 0.373 e. The zero-order chi connectivity index (χ0) is 20.1. The van der Waals surface area contributed by atoms with E-state index in [2.05, 4.69) is 0 Å². The van der Waals surface area contributed by atoms with Gasteiger partial charge in [0.1, 0.15) is 6.54 Å². The van der Waals surface area contributed by atoms with E-state index < -0.39 is 10.0 Å². The van der Waals surface area contributed by atoms with Crippen LogP contribution in [0.1, 0.15) is 37.0 Å². The Hall–Kier alpha value is -1.97. The van der Waals surface area contributed by atoms with Gasteiger partial charge >= 0.3 is 0 Å². The Morgan fingerprint density at radius 2 is 1.82 bits per heavy atom. The molecule has 28 heavy (non-hydrogen) atoms. The van der Waals surface area contributed by atoms with Crippen LogP contribution in [0.2, 0.25) is 0 Å². The van der Waals surface area contributed by atoms with E-state index in [1.165, 1.54) is 21.3 Å². The first-order valence-electron chi connectivity index (χ1n) is 9.60. The Bertz CT molecular complexity index is 889. The number of benzene rings is 1. The molecule has 1 aromatic rings. The minimum atomic E-state index is -3.73. The molecule has 4 rings (SSSR count). The zero-order valence-electron chi connectivity index (χ0n) is 16.1. The molecule has 2 saturated heterocycles. The van der Waals surface area contributed by atoms with E-state index in [-0.39, 0.29) is 66.8 Å². The Labute approximate surface area is 165 Å². The molecule has 9 heteroatoms. The smallest absolute Gasteiger partial charge is 0.255 e. The van der Waals surface area contributed by atoms with Gasteiger partial charge in [0.05, 0.1) is 23.8 Å². The van der Waals surface area contributed by atoms with Crippen molar-refractivity contribution in [3.8, 4) is 0 Å². The number of hydrogen-bond donors (Lipinski definition) is 0. The van der Waals surface area contributed by atoms with Gasteiger partial charge in [-0.3, -0.25) is 9.59 Å². The van der Waals surface area contributed by atoms with Crippen molar-refractivity contribution >= 4 is 21.8 Å². The number of hydrogen-bond acceptors (Lipinski definition) is 5. The summed E-state index contributed by atoms with van der Waals surface area (Å²) in [6, 6.07) is 6.33. The molecular weight excluding hydrogens is 382 g/mol. The first-order valence-corrected chi connectivity index (χ1v) is 11.0. The van der Waals surface area contributed by atoms with Crippen molar-refractivity contribution in [2.24, 2.45) is 0 Å². The fourth-order valence-electron chi connectivity index (χ4n) is 3.86. The van der Waals surface area contributed by atoms with Gasteiger partial charge in [0.15, 0.2) is 0 Å². The summed E-state index contributed by atoms with van der Waals surface area (Å²) in [5, 5.41) is 0. The summed E-state index contributed by atoms with van der Waals surface area (Å²) in [5.41, 5.74) is 0.279. The SMILES string of the molecule is CC1CN(S(=O)(=O)c2cccc(C(=O)N3CC(=O)N(C4CC4)C3)c2)CC(C)O1. The van der Waals surface area contributed by atoms with Gasteiger partial charge in [0.2, 0.25) is 15.9 Å². The van der Waals surface area contributed by atoms with Crippen LogP contribution in [0.25, 0.3) is 0 Å². The Morgan fingerprint density at radius 1 is 1.14 bits per heavy atom. The Balaban J connectivity index is 1.54. The van der Waals surface area contributed by atoms with Crippen molar-refractivity contribution in [1.82, 2.24) is 14.1 Å². The molecule has 152 valence electrons. The van der Waals surface area contributed by atoms with Gasteiger partial charge in [-0.05, 0) is 44.9 Å². The first-order chi connectivity index (χ1) is 13.3. The van der Waals surface area contributed by atoms with Crippen molar-refractivity contribution in [2.75, 3.05) is 26.3 Å². The molecule has 0 N–H and O–H groups in total. The molecule has 0 radical (unpaired) electrons. The van der Waals surface area contributed by atoms with Crippen molar-refractivity contribution in [1.29, 1.82) is 0 Å². The molecule has 8 nitrogen and oxygen atoms in total. The van der Waals surface area contributed by atoms with Crippen LogP contribution in [0.4, 0.5) is 0 Å². The van der Waals surface area contributed by atoms with Gasteiger partial charge < -0.3 is 14.5 Å². The summed E-state index contributed by atoms with van der Waals surface area (Å²) in [5.74, 6) is -0.367. The van der Waals surface area contributed by atoms with Gasteiger partial charge in [-0.25, -0.2) is 8.42 Å². The van der Waals surface area contributed by atoms with Gasteiger partial charge in [-0.2, -0.15) is 4.31 Å². The third-order valence-electron chi connectivity index (χ3n) is 5.35. The Kier molecular flexibility index (Phi) is 4.93. The average Bonchev–Trinajstić information content (AvgIpc) is 3.42. The summed E-state index contributed by atoms with van der Waals surface area (Å²) in [7, 11) is -3.73. The maximum Gasteiger partial charge on any atom is 0.255 e. The predicted molar refractivity (Wildman–Crippen MR) is 101 cm³/mol. The molecule has 2 atom stereocenters. The maximum absolute atomic E-state index is 13.1. The van der Waals surface area contributed by atoms with Crippen LogP contribution >= 0.6 is 0 Å². The quantitative estimate of drug-likeness (QED) is 0.740. The lowest BCUT2D eigenvalue weighted by molar-refractivity contribution is -0.127. The van der Waals surface area contributed by atoms with Crippen molar-refractivity contribution in [3.63, 3.8) is 0 Å². The minimum absolute atomic E-state index is 0.0454. The molecule has 3 aliphatic rings. The highest BCUT2D eigenvalue weighted by atomic mass is 32.2. The van der Waals surface area contributed by atoms with Crippen LogP contribution in [0, 0.1) is 0 Å². The average molecular weight is 407 g/mol. The second-order valence-corrected chi connectivity index (χ2v) is 9.78. The van der Waals surface area contributed by atoms with E-state index in [4.69, 9.17) is 4.74 Å². The van der Waals surface area contributed by atoms with Crippen molar-refractivity contribution in [3.05, 3.63) is 29.8 Å². The van der Waals surface area contributed by atoms with Crippen LogP contribution in [0.3, 0.4) is 0 Å². The summed E-state index contributed by atoms with van der Waals surface area (Å²) < 4.78 is 33.1. The number of amides is 2. The summed E-state index contributed by atoms with van der Waals surface area (Å²) >= 11 is 0. The number of carbonyl (C=O) groups excluding carboxylic acids is 2. The first kappa shape index (κ1) is 19.4. The lowest BCUT2D eigenvalue weighted by Gasteiger charge is -2.34. The lowest BCUT2D eigenvalue weighted by Crippen LogP contribution is -2.48. The van der Waals surface area contributed by atoms with E-state index in [1.54, 1.807) is 17.0 Å². The predicted octanol–water partition coefficient (Wildman–Crippen LogP) is 0.889. The fraction of sp³-hybridized carbons (Fsp3) is 0.579. The van der Waals surface area contributed by atoms with Gasteiger partial charge in [0.25, 0.3) is 5.91 Å². The second kappa shape index (κ2) is 7.13. The van der Waals surface area contributed by atoms with Gasteiger partial charge in [-0.1, -0.05) is 6.07 Å². The van der Waals surface area contributed by atoms with Gasteiger partial charge in [0, 0.05) is 24.7 Å². The van der Waals surface area contributed by atoms with E-state index in [0.29, 0.717) is 0 Å². The van der Waals surface area contributed by atoms with Crippen LogP contribution in [0.5, 0.6) is 0 Å². The van der Waals surface area contributed by atoms with E-state index >= 15 is 0 Å². The third kappa shape index (κ3) is 3.66. The Morgan fingerprint density at radius 3 is 2.46 bits per heavy atom. The van der Waals surface area contributed by atoms with Crippen molar-refractivity contribution < 1.29 is 22.7 Å². The number of sulfonamides is 1. The molecule has 2 unspecified atom stereocenters. The molecule has 2 amide bonds. The number of rotatable bonds is 4. The molecule has 1 aromatic carbocycles. The molecule has 2 aliphatic heterocycles. The molecule has 0 bridgehead atoms. The highest BCUT2D eigenvalue weighted by Gasteiger charge is 2.40. The molecule has 1 saturated carbocycles. The van der Waals surface area contributed by atoms with Crippen LogP contribution in [-0.4, -0.2) is 78.9 Å². The minimum Gasteiger partial charge on any atom is -0.373 e. The maximum atomic E-state index is 13.1. The molecule has 2 heterocycles. The third-order valence-corrected chi connectivity index (χ3v) is 7.18. The normalized spacial score (nSPS) is 26.7. The van der Waals surface area contributed by atoms with Crippen LogP contribution in [-0.2, 0) is 19.6 Å². The highest BCUT2D eigenvalue weighted by Crippen LogP contribution is 2.30. The molecular formula is C19H25N3O5S. The number of morpholine rings is 1. The zero-order valence-corrected chi connectivity index (χ0v) is 16.9. The van der Waals surface area contributed by atoms with Gasteiger partial charge in [-0.15, -0.1) is 0 Å². The standard InChI is InChI=1S/C19H25N3O5S/c1-13-9-21(10-14(2)27-13)28(25,26)17-5-3-4-15(8-17)19(24)20-11-18(23)22(12-20)16-6-7-16/h3-5,8,13-14,16H,6-7,9-12H2,1-2H3. The van der Waals surface area contributed by atoms with E-state index in [1.807, 2.05) is 13.8 Å². The highest BCUT2D eigenvalue weighted by molar-refractivity contribution is 7.89. The molecule has 3 fully saturated rings. The number of carbonyl (C=O) groups is 2. The molecule has 1 aliphatic carbocycles. The number of ether oxygens (including phenoxy) is 1. The monoisotopic (exact) mass is 407 g/mol. The van der Waals surface area contributed by atoms with Crippen LogP contribution < -0.4 is 0 Å². The van der Waals surface area contributed by atoms with Crippen molar-refractivity contribution in [2.45, 2.75) is 49.8 Å². The topological polar surface area (TPSA) is 87.2 Å². The number of nitrogens with zero attached hydrogens (tertiary/aromatic N) is 3. The van der Waals surface area contributed by atoms with Crippen LogP contribution in [0.15, 0.2) is 29.2 Å². The molecule has 0 spiro atoms. The summed E-state index contributed by atoms with van der Waals surface area (Å²) in [6.07, 6.45) is 1.59. The fourth-order valence-corrected chi connectivity index (χ4v) is 5.49.